The number of nitrogens with zero attached hydrogens (tertiary/aromatic N) is 3. The van der Waals surface area contributed by atoms with Gasteiger partial charge in [0.05, 0.1) is 18.0 Å². The Balaban J connectivity index is 1.25. The van der Waals surface area contributed by atoms with Crippen LogP contribution in [0.15, 0.2) is 65.3 Å². The van der Waals surface area contributed by atoms with Crippen molar-refractivity contribution in [2.75, 3.05) is 13.1 Å². The summed E-state index contributed by atoms with van der Waals surface area (Å²) in [6.45, 7) is 2.70. The van der Waals surface area contributed by atoms with Crippen molar-refractivity contribution in [3.63, 3.8) is 0 Å². The molecule has 0 saturated carbocycles. The van der Waals surface area contributed by atoms with Gasteiger partial charge in [0.15, 0.2) is 5.76 Å². The Labute approximate surface area is 169 Å². The van der Waals surface area contributed by atoms with Crippen molar-refractivity contribution in [2.45, 2.75) is 25.5 Å². The van der Waals surface area contributed by atoms with Crippen molar-refractivity contribution >= 4 is 11.0 Å². The van der Waals surface area contributed by atoms with E-state index in [1.54, 1.807) is 6.20 Å². The lowest BCUT2D eigenvalue weighted by atomic mass is 9.89. The molecule has 1 aliphatic rings. The van der Waals surface area contributed by atoms with Gasteiger partial charge in [0.1, 0.15) is 11.3 Å². The summed E-state index contributed by atoms with van der Waals surface area (Å²) in [5, 5.41) is 19.1. The van der Waals surface area contributed by atoms with Gasteiger partial charge in [-0.1, -0.05) is 24.3 Å². The number of hydrogen-bond acceptors (Lipinski definition) is 5. The first-order chi connectivity index (χ1) is 14.3. The fourth-order valence-corrected chi connectivity index (χ4v) is 4.21. The third kappa shape index (κ3) is 3.69. The molecule has 1 fully saturated rings. The Bertz CT molecular complexity index is 1050. The molecular formula is C23H24N4O2. The number of aromatic nitrogens is 3. The van der Waals surface area contributed by atoms with Crippen LogP contribution in [-0.4, -0.2) is 38.3 Å². The number of pyridine rings is 1. The molecule has 2 N–H and O–H groups in total. The molecule has 3 aromatic heterocycles. The number of hydrogen-bond donors (Lipinski definition) is 2. The molecule has 0 aliphatic carbocycles. The van der Waals surface area contributed by atoms with Gasteiger partial charge in [-0.05, 0) is 56.1 Å². The Morgan fingerprint density at radius 1 is 1.14 bits per heavy atom. The third-order valence-electron chi connectivity index (χ3n) is 5.85. The Kier molecular flexibility index (Phi) is 4.87. The first-order valence-corrected chi connectivity index (χ1v) is 10.1. The molecule has 0 unspecified atom stereocenters. The molecule has 1 saturated heterocycles. The van der Waals surface area contributed by atoms with E-state index >= 15 is 0 Å². The molecule has 0 radical (unpaired) electrons. The van der Waals surface area contributed by atoms with Gasteiger partial charge in [0, 0.05) is 23.7 Å². The summed E-state index contributed by atoms with van der Waals surface area (Å²) >= 11 is 0. The molecule has 0 spiro atoms. The van der Waals surface area contributed by atoms with Crippen LogP contribution in [0.2, 0.25) is 0 Å². The number of likely N-dealkylation sites (tertiary alicyclic amines) is 1. The standard InChI is InChI=1S/C23H24N4O2/c28-23(19-6-3-4-10-24-19)16-8-11-27(12-9-16)15-18-14-25-26-22(18)21-13-17-5-1-2-7-20(17)29-21/h1-7,10,13-14,16,23,28H,8-9,11-12,15H2,(H,25,26)/t23-/m0/s1. The van der Waals surface area contributed by atoms with Gasteiger partial charge >= 0.3 is 0 Å². The first-order valence-electron chi connectivity index (χ1n) is 10.1. The van der Waals surface area contributed by atoms with Crippen molar-refractivity contribution in [1.29, 1.82) is 0 Å². The Morgan fingerprint density at radius 2 is 1.97 bits per heavy atom. The van der Waals surface area contributed by atoms with E-state index in [9.17, 15) is 5.11 Å². The summed E-state index contributed by atoms with van der Waals surface area (Å²) in [6, 6.07) is 15.8. The molecule has 5 rings (SSSR count). The fourth-order valence-electron chi connectivity index (χ4n) is 4.21. The summed E-state index contributed by atoms with van der Waals surface area (Å²) in [7, 11) is 0. The van der Waals surface area contributed by atoms with Crippen LogP contribution >= 0.6 is 0 Å². The van der Waals surface area contributed by atoms with Crippen LogP contribution in [0.4, 0.5) is 0 Å². The van der Waals surface area contributed by atoms with E-state index in [2.05, 4.69) is 32.2 Å². The number of aliphatic hydroxyl groups is 1. The molecule has 0 bridgehead atoms. The van der Waals surface area contributed by atoms with E-state index in [4.69, 9.17) is 4.42 Å². The van der Waals surface area contributed by atoms with E-state index in [0.29, 0.717) is 0 Å². The van der Waals surface area contributed by atoms with Crippen LogP contribution in [0.5, 0.6) is 0 Å². The highest BCUT2D eigenvalue weighted by atomic mass is 16.3. The van der Waals surface area contributed by atoms with E-state index in [1.807, 2.05) is 42.6 Å². The minimum absolute atomic E-state index is 0.250. The SMILES string of the molecule is O[C@H](c1ccccn1)C1CCN(Cc2cn[nH]c2-c2cc3ccccc3o2)CC1. The molecule has 29 heavy (non-hydrogen) atoms. The normalized spacial score (nSPS) is 17.0. The first kappa shape index (κ1) is 18.1. The van der Waals surface area contributed by atoms with Gasteiger partial charge in [0.2, 0.25) is 0 Å². The largest absolute Gasteiger partial charge is 0.454 e. The number of fused-ring (bicyclic) bond motifs is 1. The van der Waals surface area contributed by atoms with Gasteiger partial charge in [-0.2, -0.15) is 5.10 Å². The predicted molar refractivity (Wildman–Crippen MR) is 111 cm³/mol. The zero-order chi connectivity index (χ0) is 19.6. The van der Waals surface area contributed by atoms with Gasteiger partial charge in [-0.25, -0.2) is 0 Å². The van der Waals surface area contributed by atoms with Gasteiger partial charge in [-0.15, -0.1) is 0 Å². The van der Waals surface area contributed by atoms with Crippen molar-refractivity contribution in [1.82, 2.24) is 20.1 Å². The lowest BCUT2D eigenvalue weighted by molar-refractivity contribution is 0.0540. The van der Waals surface area contributed by atoms with Crippen LogP contribution in [0, 0.1) is 5.92 Å². The van der Waals surface area contributed by atoms with E-state index in [1.165, 1.54) is 0 Å². The molecule has 4 heterocycles. The third-order valence-corrected chi connectivity index (χ3v) is 5.85. The second-order valence-corrected chi connectivity index (χ2v) is 7.73. The summed E-state index contributed by atoms with van der Waals surface area (Å²) in [4.78, 5) is 6.73. The highest BCUT2D eigenvalue weighted by molar-refractivity contribution is 5.82. The topological polar surface area (TPSA) is 78.2 Å². The van der Waals surface area contributed by atoms with Gasteiger partial charge in [0.25, 0.3) is 0 Å². The lowest BCUT2D eigenvalue weighted by Crippen LogP contribution is -2.35. The number of nitrogens with one attached hydrogen (secondary N) is 1. The van der Waals surface area contributed by atoms with Crippen LogP contribution < -0.4 is 0 Å². The van der Waals surface area contributed by atoms with Gasteiger partial charge < -0.3 is 9.52 Å². The van der Waals surface area contributed by atoms with Crippen molar-refractivity contribution < 1.29 is 9.52 Å². The number of furan rings is 1. The van der Waals surface area contributed by atoms with E-state index in [0.717, 1.165) is 66.2 Å². The second kappa shape index (κ2) is 7.81. The Morgan fingerprint density at radius 3 is 2.76 bits per heavy atom. The van der Waals surface area contributed by atoms with Crippen molar-refractivity contribution in [3.05, 3.63) is 72.2 Å². The van der Waals surface area contributed by atoms with Crippen LogP contribution in [0.25, 0.3) is 22.4 Å². The maximum atomic E-state index is 10.6. The summed E-state index contributed by atoms with van der Waals surface area (Å²) in [6.07, 6.45) is 5.05. The monoisotopic (exact) mass is 388 g/mol. The smallest absolute Gasteiger partial charge is 0.153 e. The lowest BCUT2D eigenvalue weighted by Gasteiger charge is -2.33. The van der Waals surface area contributed by atoms with Crippen LogP contribution in [-0.2, 0) is 6.54 Å². The van der Waals surface area contributed by atoms with Crippen LogP contribution in [0.1, 0.15) is 30.2 Å². The van der Waals surface area contributed by atoms with Gasteiger partial charge in [-0.3, -0.25) is 15.0 Å². The highest BCUT2D eigenvalue weighted by Gasteiger charge is 2.27. The molecule has 1 aliphatic heterocycles. The number of benzene rings is 1. The molecule has 0 amide bonds. The van der Waals surface area contributed by atoms with E-state index in [-0.39, 0.29) is 5.92 Å². The summed E-state index contributed by atoms with van der Waals surface area (Å²) in [5.74, 6) is 1.07. The molecule has 1 aromatic carbocycles. The number of para-hydroxylation sites is 1. The average molecular weight is 388 g/mol. The number of aliphatic hydroxyl groups excluding tert-OH is 1. The molecule has 6 heteroatoms. The maximum absolute atomic E-state index is 10.6. The maximum Gasteiger partial charge on any atom is 0.153 e. The van der Waals surface area contributed by atoms with Crippen molar-refractivity contribution in [2.24, 2.45) is 5.92 Å². The minimum Gasteiger partial charge on any atom is -0.454 e. The number of H-pyrrole nitrogens is 1. The molecule has 1 atom stereocenters. The predicted octanol–water partition coefficient (Wildman–Crippen LogP) is 4.16. The quantitative estimate of drug-likeness (QED) is 0.537. The number of aromatic amines is 1. The van der Waals surface area contributed by atoms with Crippen molar-refractivity contribution in [3.8, 4) is 11.5 Å². The summed E-state index contributed by atoms with van der Waals surface area (Å²) < 4.78 is 6.01. The Hall–Kier alpha value is -2.96. The molecular weight excluding hydrogens is 364 g/mol. The zero-order valence-corrected chi connectivity index (χ0v) is 16.2. The molecule has 6 nitrogen and oxygen atoms in total. The molecule has 4 aromatic rings. The fraction of sp³-hybridized carbons (Fsp3) is 0.304. The minimum atomic E-state index is -0.488. The number of rotatable bonds is 5. The molecule has 148 valence electrons. The van der Waals surface area contributed by atoms with E-state index < -0.39 is 6.10 Å². The highest BCUT2D eigenvalue weighted by Crippen LogP contribution is 2.32. The number of piperidine rings is 1. The van der Waals surface area contributed by atoms with Crippen LogP contribution in [0.3, 0.4) is 0 Å². The average Bonchev–Trinajstić information content (AvgIpc) is 3.41. The summed E-state index contributed by atoms with van der Waals surface area (Å²) in [5.41, 5.74) is 3.73. The zero-order valence-electron chi connectivity index (χ0n) is 16.2. The second-order valence-electron chi connectivity index (χ2n) is 7.73.